The maximum Gasteiger partial charge on any atom is 0.323 e. The quantitative estimate of drug-likeness (QED) is 0.714. The van der Waals surface area contributed by atoms with Gasteiger partial charge >= 0.3 is 5.97 Å². The molecule has 4 N–H and O–H groups in total. The number of hydrogen-bond acceptors (Lipinski definition) is 4. The summed E-state index contributed by atoms with van der Waals surface area (Å²) in [5.41, 5.74) is 6.34. The van der Waals surface area contributed by atoms with Gasteiger partial charge < -0.3 is 20.4 Å². The molecule has 2 atom stereocenters. The van der Waals surface area contributed by atoms with E-state index in [0.717, 1.165) is 0 Å². The zero-order valence-electron chi connectivity index (χ0n) is 8.33. The summed E-state index contributed by atoms with van der Waals surface area (Å²) in [5, 5.41) is 19.2. The number of furan rings is 1. The molecular weight excluding hydrogens is 210 g/mol. The first-order valence-corrected chi connectivity index (χ1v) is 4.74. The summed E-state index contributed by atoms with van der Waals surface area (Å²) in [7, 11) is 0. The lowest BCUT2D eigenvalue weighted by Crippen LogP contribution is -2.36. The molecule has 1 heterocycles. The molecule has 0 aliphatic rings. The highest BCUT2D eigenvalue weighted by Crippen LogP contribution is 2.27. The summed E-state index contributed by atoms with van der Waals surface area (Å²) >= 11 is 0. The number of hydrogen-bond donors (Lipinski definition) is 3. The average molecular weight is 221 g/mol. The molecule has 5 heteroatoms. The minimum absolute atomic E-state index is 0.394. The molecule has 84 valence electrons. The predicted octanol–water partition coefficient (Wildman–Crippen LogP) is 0.878. The number of aliphatic hydroxyl groups is 1. The van der Waals surface area contributed by atoms with Gasteiger partial charge in [-0.05, 0) is 6.07 Å². The fourth-order valence-corrected chi connectivity index (χ4v) is 1.56. The standard InChI is InChI=1S/C11H11NO4/c12-9(11(14)15)10(13)7-5-16-8-4-2-1-3-6(7)8/h1-5,9-10,13H,12H2,(H,14,15). The van der Waals surface area contributed by atoms with Crippen LogP contribution in [-0.4, -0.2) is 22.2 Å². The van der Waals surface area contributed by atoms with Crippen LogP contribution in [-0.2, 0) is 4.79 Å². The SMILES string of the molecule is NC(C(=O)O)C(O)c1coc2ccccc12. The Balaban J connectivity index is 2.44. The largest absolute Gasteiger partial charge is 0.480 e. The zero-order valence-corrected chi connectivity index (χ0v) is 8.33. The average Bonchev–Trinajstić information content (AvgIpc) is 2.70. The van der Waals surface area contributed by atoms with E-state index in [1.54, 1.807) is 24.3 Å². The Morgan fingerprint density at radius 2 is 2.06 bits per heavy atom. The van der Waals surface area contributed by atoms with Crippen molar-refractivity contribution >= 4 is 16.9 Å². The monoisotopic (exact) mass is 221 g/mol. The Kier molecular flexibility index (Phi) is 2.64. The molecule has 0 spiro atoms. The Labute approximate surface area is 91.1 Å². The lowest BCUT2D eigenvalue weighted by atomic mass is 10.0. The molecule has 2 rings (SSSR count). The van der Waals surface area contributed by atoms with Crippen molar-refractivity contribution < 1.29 is 19.4 Å². The van der Waals surface area contributed by atoms with Crippen molar-refractivity contribution in [3.05, 3.63) is 36.1 Å². The highest BCUT2D eigenvalue weighted by Gasteiger charge is 2.26. The fourth-order valence-electron chi connectivity index (χ4n) is 1.56. The predicted molar refractivity (Wildman–Crippen MR) is 56.8 cm³/mol. The van der Waals surface area contributed by atoms with E-state index in [1.165, 1.54) is 6.26 Å². The van der Waals surface area contributed by atoms with Crippen molar-refractivity contribution in [2.24, 2.45) is 5.73 Å². The number of aliphatic carboxylic acids is 1. The number of rotatable bonds is 3. The van der Waals surface area contributed by atoms with Crippen molar-refractivity contribution in [1.82, 2.24) is 0 Å². The number of para-hydroxylation sites is 1. The third kappa shape index (κ3) is 1.66. The first-order chi connectivity index (χ1) is 7.61. The van der Waals surface area contributed by atoms with Crippen molar-refractivity contribution in [2.75, 3.05) is 0 Å². The van der Waals surface area contributed by atoms with E-state index < -0.39 is 18.1 Å². The molecule has 2 unspecified atom stereocenters. The van der Waals surface area contributed by atoms with Crippen LogP contribution in [0.25, 0.3) is 11.0 Å². The van der Waals surface area contributed by atoms with Crippen molar-refractivity contribution in [3.63, 3.8) is 0 Å². The number of carboxylic acids is 1. The molecule has 2 aromatic rings. The van der Waals surface area contributed by atoms with Crippen molar-refractivity contribution in [3.8, 4) is 0 Å². The summed E-state index contributed by atoms with van der Waals surface area (Å²) in [4.78, 5) is 10.7. The van der Waals surface area contributed by atoms with E-state index in [4.69, 9.17) is 15.3 Å². The Bertz CT molecular complexity index is 519. The van der Waals surface area contributed by atoms with Crippen LogP contribution >= 0.6 is 0 Å². The molecule has 0 amide bonds. The minimum atomic E-state index is -1.36. The van der Waals surface area contributed by atoms with Gasteiger partial charge in [-0.15, -0.1) is 0 Å². The molecule has 1 aromatic heterocycles. The van der Waals surface area contributed by atoms with Gasteiger partial charge in [0.1, 0.15) is 17.7 Å². The van der Waals surface area contributed by atoms with Crippen LogP contribution in [0.4, 0.5) is 0 Å². The van der Waals surface area contributed by atoms with Gasteiger partial charge in [0, 0.05) is 10.9 Å². The molecular formula is C11H11NO4. The number of carboxylic acid groups (broad SMARTS) is 1. The van der Waals surface area contributed by atoms with Gasteiger partial charge in [-0.25, -0.2) is 0 Å². The first-order valence-electron chi connectivity index (χ1n) is 4.74. The van der Waals surface area contributed by atoms with Gasteiger partial charge in [0.15, 0.2) is 0 Å². The third-order valence-corrected chi connectivity index (χ3v) is 2.45. The number of benzene rings is 1. The second kappa shape index (κ2) is 3.96. The topological polar surface area (TPSA) is 96.7 Å². The minimum Gasteiger partial charge on any atom is -0.480 e. The molecule has 0 radical (unpaired) electrons. The van der Waals surface area contributed by atoms with Crippen molar-refractivity contribution in [2.45, 2.75) is 12.1 Å². The van der Waals surface area contributed by atoms with Crippen LogP contribution in [0.3, 0.4) is 0 Å². The number of aliphatic hydroxyl groups excluding tert-OH is 1. The smallest absolute Gasteiger partial charge is 0.323 e. The summed E-state index contributed by atoms with van der Waals surface area (Å²) < 4.78 is 5.19. The van der Waals surface area contributed by atoms with E-state index in [1.807, 2.05) is 0 Å². The number of nitrogens with two attached hydrogens (primary N) is 1. The summed E-state index contributed by atoms with van der Waals surface area (Å²) in [6.07, 6.45) is 0.0548. The summed E-state index contributed by atoms with van der Waals surface area (Å²) in [6, 6.07) is 5.68. The first kappa shape index (κ1) is 10.7. The van der Waals surface area contributed by atoms with E-state index in [2.05, 4.69) is 0 Å². The molecule has 0 fully saturated rings. The molecule has 1 aromatic carbocycles. The second-order valence-electron chi connectivity index (χ2n) is 3.50. The van der Waals surface area contributed by atoms with E-state index in [9.17, 15) is 9.90 Å². The molecule has 0 bridgehead atoms. The van der Waals surface area contributed by atoms with Crippen LogP contribution < -0.4 is 5.73 Å². The molecule has 0 saturated carbocycles. The lowest BCUT2D eigenvalue weighted by Gasteiger charge is -2.13. The van der Waals surface area contributed by atoms with Crippen LogP contribution in [0.2, 0.25) is 0 Å². The third-order valence-electron chi connectivity index (χ3n) is 2.45. The summed E-state index contributed by atoms with van der Waals surface area (Å²) in [5.74, 6) is -1.25. The van der Waals surface area contributed by atoms with Gasteiger partial charge in [-0.2, -0.15) is 0 Å². The Hall–Kier alpha value is -1.85. The molecule has 16 heavy (non-hydrogen) atoms. The van der Waals surface area contributed by atoms with Crippen LogP contribution in [0.5, 0.6) is 0 Å². The Morgan fingerprint density at radius 3 is 2.75 bits per heavy atom. The fraction of sp³-hybridized carbons (Fsp3) is 0.182. The Morgan fingerprint density at radius 1 is 1.38 bits per heavy atom. The van der Waals surface area contributed by atoms with Crippen LogP contribution in [0, 0.1) is 0 Å². The van der Waals surface area contributed by atoms with Crippen LogP contribution in [0.1, 0.15) is 11.7 Å². The van der Waals surface area contributed by atoms with E-state index in [0.29, 0.717) is 16.5 Å². The van der Waals surface area contributed by atoms with Gasteiger partial charge in [0.2, 0.25) is 0 Å². The molecule has 5 nitrogen and oxygen atoms in total. The molecule has 0 aliphatic heterocycles. The number of carbonyl (C=O) groups is 1. The van der Waals surface area contributed by atoms with Gasteiger partial charge in [-0.1, -0.05) is 18.2 Å². The highest BCUT2D eigenvalue weighted by atomic mass is 16.4. The maximum atomic E-state index is 10.7. The highest BCUT2D eigenvalue weighted by molar-refractivity contribution is 5.83. The van der Waals surface area contributed by atoms with Gasteiger partial charge in [0.25, 0.3) is 0 Å². The zero-order chi connectivity index (χ0) is 11.7. The molecule has 0 aliphatic carbocycles. The summed E-state index contributed by atoms with van der Waals surface area (Å²) in [6.45, 7) is 0. The molecule has 0 saturated heterocycles. The lowest BCUT2D eigenvalue weighted by molar-refractivity contribution is -0.141. The van der Waals surface area contributed by atoms with Crippen LogP contribution in [0.15, 0.2) is 34.9 Å². The second-order valence-corrected chi connectivity index (χ2v) is 3.50. The maximum absolute atomic E-state index is 10.7. The normalized spacial score (nSPS) is 14.9. The van der Waals surface area contributed by atoms with Gasteiger partial charge in [0.05, 0.1) is 6.26 Å². The van der Waals surface area contributed by atoms with E-state index >= 15 is 0 Å². The van der Waals surface area contributed by atoms with E-state index in [-0.39, 0.29) is 0 Å². The van der Waals surface area contributed by atoms with Gasteiger partial charge in [-0.3, -0.25) is 4.79 Å². The van der Waals surface area contributed by atoms with Crippen molar-refractivity contribution in [1.29, 1.82) is 0 Å². The number of fused-ring (bicyclic) bond motifs is 1.